The molecule has 0 aromatic heterocycles. The highest BCUT2D eigenvalue weighted by molar-refractivity contribution is 5.70. The van der Waals surface area contributed by atoms with E-state index in [4.69, 9.17) is 0 Å². The molecule has 0 spiro atoms. The van der Waals surface area contributed by atoms with Crippen LogP contribution in [0.1, 0.15) is 0 Å². The first-order chi connectivity index (χ1) is 3.77. The van der Waals surface area contributed by atoms with E-state index in [1.165, 1.54) is 0 Å². The van der Waals surface area contributed by atoms with Crippen LogP contribution in [0.25, 0.3) is 0 Å². The number of hydrogen-bond donors (Lipinski definition) is 3. The van der Waals surface area contributed by atoms with E-state index in [1.807, 2.05) is 0 Å². The summed E-state index contributed by atoms with van der Waals surface area (Å²) < 4.78 is 0. The van der Waals surface area contributed by atoms with E-state index in [-0.39, 0.29) is 6.47 Å². The van der Waals surface area contributed by atoms with Crippen molar-refractivity contribution in [3.05, 3.63) is 0 Å². The van der Waals surface area contributed by atoms with Crippen molar-refractivity contribution in [1.82, 2.24) is 11.0 Å². The van der Waals surface area contributed by atoms with Crippen LogP contribution in [0.15, 0.2) is 0 Å². The average Bonchev–Trinajstić information content (AvgIpc) is 1.66. The number of carbonyl (C=O) groups excluding carboxylic acids is 2. The summed E-state index contributed by atoms with van der Waals surface area (Å²) in [7, 11) is 0. The smallest absolute Gasteiger partial charge is 0.329 e. The monoisotopic (exact) mass is 119 g/mol. The lowest BCUT2D eigenvalue weighted by Gasteiger charge is -1.96. The Morgan fingerprint density at radius 2 is 2.38 bits per heavy atom. The van der Waals surface area contributed by atoms with Gasteiger partial charge in [-0.25, -0.2) is 10.2 Å². The Bertz CT molecular complexity index is 92.5. The fourth-order valence-electron chi connectivity index (χ4n) is 0.104. The van der Waals surface area contributed by atoms with E-state index in [9.17, 15) is 9.59 Å². The minimum atomic E-state index is -0.827. The maximum atomic E-state index is 9.73. The Morgan fingerprint density at radius 3 is 2.75 bits per heavy atom. The summed E-state index contributed by atoms with van der Waals surface area (Å²) in [6.07, 6.45) is 0. The van der Waals surface area contributed by atoms with Crippen molar-refractivity contribution in [1.29, 1.82) is 0 Å². The fourth-order valence-corrected chi connectivity index (χ4v) is 0.104. The van der Waals surface area contributed by atoms with Gasteiger partial charge < -0.3 is 10.6 Å². The van der Waals surface area contributed by atoms with E-state index in [1.54, 1.807) is 11.0 Å². The highest BCUT2D eigenvalue weighted by atomic mass is 16.7. The lowest BCUT2D eigenvalue weighted by Crippen LogP contribution is -2.40. The van der Waals surface area contributed by atoms with Gasteiger partial charge in [-0.1, -0.05) is 5.59 Å². The molecule has 0 aliphatic rings. The lowest BCUT2D eigenvalue weighted by molar-refractivity contribution is -0.136. The predicted octanol–water partition coefficient (Wildman–Crippen LogP) is -1.75. The number of rotatable bonds is 3. The number of amides is 2. The Labute approximate surface area is 44.9 Å². The number of nitrogens with one attached hydrogen (secondary N) is 2. The highest BCUT2D eigenvalue weighted by Crippen LogP contribution is 1.48. The SMILES string of the molecule is NC(=O)NNOC=O. The van der Waals surface area contributed by atoms with Crippen LogP contribution in [0.2, 0.25) is 0 Å². The zero-order valence-electron chi connectivity index (χ0n) is 3.88. The average molecular weight is 119 g/mol. The van der Waals surface area contributed by atoms with Crippen molar-refractivity contribution in [2.75, 3.05) is 0 Å². The van der Waals surface area contributed by atoms with Crippen LogP contribution in [-0.4, -0.2) is 12.5 Å². The van der Waals surface area contributed by atoms with Crippen LogP contribution in [0.3, 0.4) is 0 Å². The summed E-state index contributed by atoms with van der Waals surface area (Å²) in [6.45, 7) is 0.107. The summed E-state index contributed by atoms with van der Waals surface area (Å²) in [4.78, 5) is 22.8. The molecule has 46 valence electrons. The standard InChI is InChI=1S/C2H5N3O3/c3-2(7)4-5-8-1-6/h1,5H,(H3,3,4,7). The van der Waals surface area contributed by atoms with Gasteiger partial charge in [0.1, 0.15) is 0 Å². The Morgan fingerprint density at radius 1 is 1.75 bits per heavy atom. The normalized spacial score (nSPS) is 7.50. The third-order valence-corrected chi connectivity index (χ3v) is 0.281. The molecule has 0 saturated heterocycles. The summed E-state index contributed by atoms with van der Waals surface area (Å²) in [5, 5.41) is 0. The van der Waals surface area contributed by atoms with Gasteiger partial charge in [-0.2, -0.15) is 0 Å². The Hall–Kier alpha value is -1.30. The van der Waals surface area contributed by atoms with E-state index in [2.05, 4.69) is 10.6 Å². The van der Waals surface area contributed by atoms with Gasteiger partial charge in [-0.05, 0) is 0 Å². The molecule has 0 rings (SSSR count). The third kappa shape index (κ3) is 4.70. The van der Waals surface area contributed by atoms with Crippen LogP contribution < -0.4 is 16.7 Å². The van der Waals surface area contributed by atoms with Gasteiger partial charge in [-0.15, -0.1) is 0 Å². The van der Waals surface area contributed by atoms with E-state index < -0.39 is 6.03 Å². The molecule has 0 fully saturated rings. The molecule has 8 heavy (non-hydrogen) atoms. The van der Waals surface area contributed by atoms with Gasteiger partial charge in [-0.3, -0.25) is 4.79 Å². The maximum absolute atomic E-state index is 9.73. The van der Waals surface area contributed by atoms with E-state index >= 15 is 0 Å². The summed E-state index contributed by atoms with van der Waals surface area (Å²) in [5.41, 5.74) is 8.05. The van der Waals surface area contributed by atoms with Crippen LogP contribution in [0.5, 0.6) is 0 Å². The number of carbonyl (C=O) groups is 2. The fraction of sp³-hybridized carbons (Fsp3) is 0. The molecular formula is C2H5N3O3. The second-order valence-electron chi connectivity index (χ2n) is 0.805. The van der Waals surface area contributed by atoms with Crippen molar-refractivity contribution in [2.45, 2.75) is 0 Å². The minimum Gasteiger partial charge on any atom is -0.354 e. The highest BCUT2D eigenvalue weighted by Gasteiger charge is 1.84. The summed E-state index contributed by atoms with van der Waals surface area (Å²) in [5.74, 6) is 0. The first-order valence-electron chi connectivity index (χ1n) is 1.67. The molecular weight excluding hydrogens is 114 g/mol. The number of primary amides is 1. The molecule has 0 aliphatic heterocycles. The molecule has 2 amide bonds. The third-order valence-electron chi connectivity index (χ3n) is 0.281. The Kier molecular flexibility index (Phi) is 3.25. The Balaban J connectivity index is 2.93. The zero-order valence-corrected chi connectivity index (χ0v) is 3.88. The van der Waals surface area contributed by atoms with Gasteiger partial charge in [0, 0.05) is 0 Å². The molecule has 0 aromatic carbocycles. The van der Waals surface area contributed by atoms with Crippen LogP contribution in [0.4, 0.5) is 4.79 Å². The first kappa shape index (κ1) is 6.70. The first-order valence-corrected chi connectivity index (χ1v) is 1.67. The molecule has 0 aliphatic carbocycles. The summed E-state index contributed by atoms with van der Waals surface area (Å²) in [6, 6.07) is -0.827. The van der Waals surface area contributed by atoms with Gasteiger partial charge in [0.15, 0.2) is 0 Å². The molecule has 0 saturated carbocycles. The summed E-state index contributed by atoms with van der Waals surface area (Å²) >= 11 is 0. The van der Waals surface area contributed by atoms with Gasteiger partial charge >= 0.3 is 12.5 Å². The van der Waals surface area contributed by atoms with Crippen molar-refractivity contribution < 1.29 is 14.4 Å². The van der Waals surface area contributed by atoms with E-state index in [0.29, 0.717) is 0 Å². The second-order valence-corrected chi connectivity index (χ2v) is 0.805. The number of hydrogen-bond acceptors (Lipinski definition) is 4. The number of nitrogens with two attached hydrogens (primary N) is 1. The zero-order chi connectivity index (χ0) is 6.41. The van der Waals surface area contributed by atoms with Crippen LogP contribution >= 0.6 is 0 Å². The molecule has 0 bridgehead atoms. The second kappa shape index (κ2) is 3.88. The topological polar surface area (TPSA) is 93.5 Å². The molecule has 0 aromatic rings. The van der Waals surface area contributed by atoms with Crippen molar-refractivity contribution >= 4 is 12.5 Å². The lowest BCUT2D eigenvalue weighted by atomic mass is 11.2. The molecule has 6 nitrogen and oxygen atoms in total. The molecule has 4 N–H and O–H groups in total. The minimum absolute atomic E-state index is 0.107. The van der Waals surface area contributed by atoms with Crippen LogP contribution in [-0.2, 0) is 9.63 Å². The molecule has 0 radical (unpaired) electrons. The maximum Gasteiger partial charge on any atom is 0.329 e. The largest absolute Gasteiger partial charge is 0.354 e. The van der Waals surface area contributed by atoms with Crippen molar-refractivity contribution in [3.63, 3.8) is 0 Å². The molecule has 6 heteroatoms. The van der Waals surface area contributed by atoms with E-state index in [0.717, 1.165) is 0 Å². The van der Waals surface area contributed by atoms with Gasteiger partial charge in [0.2, 0.25) is 0 Å². The molecule has 0 unspecified atom stereocenters. The number of urea groups is 1. The van der Waals surface area contributed by atoms with Gasteiger partial charge in [0.25, 0.3) is 0 Å². The van der Waals surface area contributed by atoms with Crippen molar-refractivity contribution in [2.24, 2.45) is 5.73 Å². The number of hydrazine groups is 1. The predicted molar refractivity (Wildman–Crippen MR) is 23.0 cm³/mol. The van der Waals surface area contributed by atoms with Crippen molar-refractivity contribution in [3.8, 4) is 0 Å². The van der Waals surface area contributed by atoms with Gasteiger partial charge in [0.05, 0.1) is 0 Å². The quantitative estimate of drug-likeness (QED) is 0.233. The van der Waals surface area contributed by atoms with Crippen LogP contribution in [0, 0.1) is 0 Å². The molecule has 0 heterocycles. The molecule has 0 atom stereocenters.